The van der Waals surface area contributed by atoms with Gasteiger partial charge in [0.1, 0.15) is 17.8 Å². The van der Waals surface area contributed by atoms with Crippen LogP contribution in [0.5, 0.6) is 5.75 Å². The van der Waals surface area contributed by atoms with Crippen molar-refractivity contribution in [3.63, 3.8) is 0 Å². The molecular weight excluding hydrogens is 853 g/mol. The number of aliphatic hydroxyl groups is 1. The number of nitrogens with zero attached hydrogens (tertiary/aromatic N) is 4. The predicted molar refractivity (Wildman–Crippen MR) is 256 cm³/mol. The summed E-state index contributed by atoms with van der Waals surface area (Å²) in [6, 6.07) is 15.2. The third-order valence-electron chi connectivity index (χ3n) is 13.8. The monoisotopic (exact) mass is 918 g/mol. The highest BCUT2D eigenvalue weighted by atomic mass is 16.5. The summed E-state index contributed by atoms with van der Waals surface area (Å²) in [7, 11) is 1.41. The number of rotatable bonds is 9. The fraction of sp³-hybridized carbons (Fsp3) is 0.481. The van der Waals surface area contributed by atoms with Crippen molar-refractivity contribution in [2.45, 2.75) is 110 Å². The zero-order valence-electron chi connectivity index (χ0n) is 40.1. The molecule has 4 aromatic rings. The molecule has 3 aliphatic heterocycles. The molecule has 0 aliphatic carbocycles. The van der Waals surface area contributed by atoms with E-state index in [2.05, 4.69) is 86.8 Å². The molecule has 1 unspecified atom stereocenters. The summed E-state index contributed by atoms with van der Waals surface area (Å²) in [5.41, 5.74) is 7.65. The maximum absolute atomic E-state index is 14.9. The number of aromatic hydroxyl groups is 1. The van der Waals surface area contributed by atoms with E-state index >= 15 is 0 Å². The van der Waals surface area contributed by atoms with E-state index < -0.39 is 64.2 Å². The molecule has 7 rings (SSSR count). The molecule has 6 bridgehead atoms. The Bertz CT molecular complexity index is 2600. The first kappa shape index (κ1) is 48.9. The molecular formula is C52H66N6O9. The Morgan fingerprint density at radius 1 is 1.01 bits per heavy atom. The number of likely N-dealkylation sites (N-methyl/N-ethyl adjacent to an activating group) is 1. The number of amides is 4. The van der Waals surface area contributed by atoms with Crippen LogP contribution in [0.2, 0.25) is 0 Å². The van der Waals surface area contributed by atoms with Gasteiger partial charge in [0.15, 0.2) is 11.1 Å². The van der Waals surface area contributed by atoms with Crippen molar-refractivity contribution < 1.29 is 44.0 Å². The third kappa shape index (κ3) is 9.59. The van der Waals surface area contributed by atoms with Crippen LogP contribution in [0, 0.1) is 25.2 Å². The number of aryl methyl sites for hydroxylation is 3. The van der Waals surface area contributed by atoms with Gasteiger partial charge in [-0.2, -0.15) is 0 Å². The van der Waals surface area contributed by atoms with Crippen molar-refractivity contribution in [2.75, 3.05) is 39.9 Å². The molecule has 0 saturated carbocycles. The molecule has 5 N–H and O–H groups in total. The minimum atomic E-state index is -1.95. The Kier molecular flexibility index (Phi) is 13.8. The van der Waals surface area contributed by atoms with Gasteiger partial charge in [0, 0.05) is 56.0 Å². The van der Waals surface area contributed by atoms with E-state index in [1.165, 1.54) is 23.0 Å². The second kappa shape index (κ2) is 18.9. The summed E-state index contributed by atoms with van der Waals surface area (Å²) in [6.45, 7) is 18.2. The first-order valence-corrected chi connectivity index (χ1v) is 23.3. The molecule has 4 heterocycles. The van der Waals surface area contributed by atoms with E-state index in [1.54, 1.807) is 19.9 Å². The SMILES string of the molecule is C=CC(=O)N1CCC(O)(C(=O)N(C)[C@H](C(=O)N[C@H]2Cc3cc(O)cc(c3)-c3ccc4c(c3)c(c(-c3c(C)cccc3C)n4CC)CC(C)(C)COC[C@]3(C(=O)O)CCCN(N3)C2=O)C(C)C)C1. The van der Waals surface area contributed by atoms with Crippen LogP contribution in [-0.4, -0.2) is 127 Å². The lowest BCUT2D eigenvalue weighted by Gasteiger charge is -2.42. The number of nitrogens with one attached hydrogen (secondary N) is 2. The largest absolute Gasteiger partial charge is 0.508 e. The van der Waals surface area contributed by atoms with Crippen molar-refractivity contribution >= 4 is 40.5 Å². The molecule has 1 aromatic heterocycles. The van der Waals surface area contributed by atoms with Gasteiger partial charge in [-0.1, -0.05) is 64.6 Å². The molecule has 358 valence electrons. The van der Waals surface area contributed by atoms with Crippen LogP contribution in [0.3, 0.4) is 0 Å². The van der Waals surface area contributed by atoms with Crippen molar-refractivity contribution in [3.05, 3.63) is 89.5 Å². The Labute approximate surface area is 392 Å². The van der Waals surface area contributed by atoms with Gasteiger partial charge < -0.3 is 39.7 Å². The number of benzene rings is 3. The topological polar surface area (TPSA) is 194 Å². The Morgan fingerprint density at radius 3 is 2.39 bits per heavy atom. The van der Waals surface area contributed by atoms with Crippen LogP contribution < -0.4 is 10.7 Å². The highest BCUT2D eigenvalue weighted by molar-refractivity contribution is 5.97. The number of carboxylic acids is 1. The van der Waals surface area contributed by atoms with E-state index in [0.717, 1.165) is 55.4 Å². The zero-order valence-corrected chi connectivity index (χ0v) is 40.1. The second-order valence-electron chi connectivity index (χ2n) is 20.0. The summed E-state index contributed by atoms with van der Waals surface area (Å²) in [4.78, 5) is 71.6. The smallest absolute Gasteiger partial charge is 0.328 e. The lowest BCUT2D eigenvalue weighted by Crippen LogP contribution is -2.68. The highest BCUT2D eigenvalue weighted by Gasteiger charge is 2.49. The van der Waals surface area contributed by atoms with Gasteiger partial charge >= 0.3 is 5.97 Å². The highest BCUT2D eigenvalue weighted by Crippen LogP contribution is 2.42. The number of likely N-dealkylation sites (tertiary alicyclic amines) is 1. The van der Waals surface area contributed by atoms with Crippen molar-refractivity contribution in [3.8, 4) is 28.1 Å². The number of aliphatic carboxylic acids is 1. The van der Waals surface area contributed by atoms with E-state index in [1.807, 2.05) is 12.1 Å². The number of ether oxygens (including phenoxy) is 1. The lowest BCUT2D eigenvalue weighted by molar-refractivity contribution is -0.161. The summed E-state index contributed by atoms with van der Waals surface area (Å²) < 4.78 is 8.75. The van der Waals surface area contributed by atoms with Crippen LogP contribution in [-0.2, 0) is 48.1 Å². The number of β-amino-alcohol motifs (C(OH)–C–C–N with tert-alkyl or cyclic N) is 1. The molecule has 67 heavy (non-hydrogen) atoms. The average molecular weight is 919 g/mol. The van der Waals surface area contributed by atoms with Crippen LogP contribution >= 0.6 is 0 Å². The van der Waals surface area contributed by atoms with Crippen molar-refractivity contribution in [1.82, 2.24) is 30.1 Å². The number of carbonyl (C=O) groups is 5. The van der Waals surface area contributed by atoms with Gasteiger partial charge in [-0.15, -0.1) is 0 Å². The van der Waals surface area contributed by atoms with Gasteiger partial charge in [-0.3, -0.25) is 29.0 Å². The molecule has 3 aliphatic rings. The fourth-order valence-corrected chi connectivity index (χ4v) is 10.5. The molecule has 4 amide bonds. The number of hydrogen-bond donors (Lipinski definition) is 5. The first-order valence-electron chi connectivity index (χ1n) is 23.3. The Hall–Kier alpha value is -6.03. The van der Waals surface area contributed by atoms with E-state index in [9.17, 15) is 39.3 Å². The number of hydrogen-bond acceptors (Lipinski definition) is 9. The number of phenols is 1. The molecule has 3 aromatic carbocycles. The summed E-state index contributed by atoms with van der Waals surface area (Å²) in [5.74, 6) is -4.24. The van der Waals surface area contributed by atoms with Crippen molar-refractivity contribution in [2.24, 2.45) is 11.3 Å². The molecule has 2 fully saturated rings. The quantitative estimate of drug-likeness (QED) is 0.134. The van der Waals surface area contributed by atoms with Gasteiger partial charge in [-0.05, 0) is 115 Å². The number of aromatic nitrogens is 1. The van der Waals surface area contributed by atoms with E-state index in [4.69, 9.17) is 4.74 Å². The van der Waals surface area contributed by atoms with Gasteiger partial charge in [0.05, 0.1) is 25.5 Å². The molecule has 0 spiro atoms. The van der Waals surface area contributed by atoms with E-state index in [-0.39, 0.29) is 57.9 Å². The number of phenolic OH excluding ortho intramolecular Hbond substituents is 1. The number of hydrazine groups is 1. The summed E-state index contributed by atoms with van der Waals surface area (Å²) >= 11 is 0. The van der Waals surface area contributed by atoms with Gasteiger partial charge in [0.2, 0.25) is 11.8 Å². The van der Waals surface area contributed by atoms with Crippen LogP contribution in [0.15, 0.2) is 67.3 Å². The first-order chi connectivity index (χ1) is 31.6. The van der Waals surface area contributed by atoms with Crippen molar-refractivity contribution in [1.29, 1.82) is 0 Å². The predicted octanol–water partition coefficient (Wildman–Crippen LogP) is 5.53. The fourth-order valence-electron chi connectivity index (χ4n) is 10.5. The Balaban J connectivity index is 1.33. The van der Waals surface area contributed by atoms with E-state index in [0.29, 0.717) is 30.5 Å². The maximum Gasteiger partial charge on any atom is 0.328 e. The second-order valence-corrected chi connectivity index (χ2v) is 20.0. The zero-order chi connectivity index (χ0) is 48.7. The lowest BCUT2D eigenvalue weighted by atomic mass is 9.83. The summed E-state index contributed by atoms with van der Waals surface area (Å²) in [6.07, 6.45) is 2.05. The minimum absolute atomic E-state index is 0.0392. The molecule has 15 heteroatoms. The number of fused-ring (bicyclic) bond motifs is 6. The van der Waals surface area contributed by atoms with Crippen LogP contribution in [0.1, 0.15) is 76.1 Å². The molecule has 2 saturated heterocycles. The third-order valence-corrected chi connectivity index (χ3v) is 13.8. The van der Waals surface area contributed by atoms with Crippen LogP contribution in [0.4, 0.5) is 0 Å². The minimum Gasteiger partial charge on any atom is -0.508 e. The van der Waals surface area contributed by atoms with Crippen LogP contribution in [0.25, 0.3) is 33.3 Å². The molecule has 15 nitrogen and oxygen atoms in total. The average Bonchev–Trinajstić information content (AvgIpc) is 3.82. The molecule has 0 radical (unpaired) electrons. The number of carboxylic acid groups (broad SMARTS) is 1. The van der Waals surface area contributed by atoms with Gasteiger partial charge in [-0.25, -0.2) is 5.43 Å². The normalized spacial score (nSPS) is 22.6. The van der Waals surface area contributed by atoms with Gasteiger partial charge in [0.25, 0.3) is 11.8 Å². The standard InChI is InChI=1S/C52H66N6O9/c1-10-42(60)56-21-19-52(66,28-56)48(63)55(9)44(31(3)4)46(61)53-40-24-34-22-36(25-37(59)23-34)35-16-17-41-38(26-35)39(45(57(41)11-2)43-32(5)14-12-15-33(43)6)27-50(7,8)29-67-30-51(49(64)65)18-13-20-58(54-51)47(40)62/h10,12,14-17,22-23,25-26,31,40,44,54,59,66H,1,11,13,18-21,24,27-30H2,2-9H3,(H,53,61)(H,64,65)/t40-,44-,51-,52?/m0/s1. The summed E-state index contributed by atoms with van der Waals surface area (Å²) in [5, 5.41) is 38.8. The Morgan fingerprint density at radius 2 is 1.73 bits per heavy atom. The number of carbonyl (C=O) groups excluding carboxylic acids is 4. The maximum atomic E-state index is 14.9. The molecule has 4 atom stereocenters.